The first kappa shape index (κ1) is 17.6. The van der Waals surface area contributed by atoms with Crippen LogP contribution in [0.25, 0.3) is 6.08 Å². The quantitative estimate of drug-likeness (QED) is 0.614. The SMILES string of the molecule is CCNC(=O)[C@@H](C)OC(=O)/C=C/c1cc(OC)ccc1OC. The third-order valence-electron chi connectivity index (χ3n) is 2.85. The van der Waals surface area contributed by atoms with Crippen LogP contribution < -0.4 is 14.8 Å². The van der Waals surface area contributed by atoms with E-state index in [0.717, 1.165) is 0 Å². The molecule has 22 heavy (non-hydrogen) atoms. The number of benzene rings is 1. The smallest absolute Gasteiger partial charge is 0.331 e. The van der Waals surface area contributed by atoms with Crippen LogP contribution in [0.5, 0.6) is 11.5 Å². The molecule has 0 saturated heterocycles. The molecule has 6 nitrogen and oxygen atoms in total. The van der Waals surface area contributed by atoms with Gasteiger partial charge < -0.3 is 19.5 Å². The molecule has 0 saturated carbocycles. The van der Waals surface area contributed by atoms with Crippen LogP contribution in [0.2, 0.25) is 0 Å². The molecular formula is C16H21NO5. The minimum absolute atomic E-state index is 0.330. The number of hydrogen-bond acceptors (Lipinski definition) is 5. The Bertz CT molecular complexity index is 553. The van der Waals surface area contributed by atoms with Gasteiger partial charge in [0.2, 0.25) is 0 Å². The Labute approximate surface area is 130 Å². The zero-order valence-corrected chi connectivity index (χ0v) is 13.2. The van der Waals surface area contributed by atoms with Gasteiger partial charge in [0.15, 0.2) is 6.10 Å². The van der Waals surface area contributed by atoms with Gasteiger partial charge in [0, 0.05) is 18.2 Å². The second-order valence-corrected chi connectivity index (χ2v) is 4.41. The van der Waals surface area contributed by atoms with Crippen molar-refractivity contribution in [3.05, 3.63) is 29.8 Å². The van der Waals surface area contributed by atoms with Gasteiger partial charge in [0.25, 0.3) is 5.91 Å². The molecular weight excluding hydrogens is 286 g/mol. The number of ether oxygens (including phenoxy) is 3. The second kappa shape index (κ2) is 8.71. The van der Waals surface area contributed by atoms with E-state index in [1.54, 1.807) is 38.3 Å². The summed E-state index contributed by atoms with van der Waals surface area (Å²) in [5.41, 5.74) is 0.671. The Morgan fingerprint density at radius 1 is 1.27 bits per heavy atom. The predicted octanol–water partition coefficient (Wildman–Crippen LogP) is 1.78. The highest BCUT2D eigenvalue weighted by atomic mass is 16.5. The Morgan fingerprint density at radius 2 is 2.00 bits per heavy atom. The van der Waals surface area contributed by atoms with Crippen LogP contribution >= 0.6 is 0 Å². The van der Waals surface area contributed by atoms with Crippen LogP contribution in [0, 0.1) is 0 Å². The van der Waals surface area contributed by atoms with Crippen molar-refractivity contribution in [1.82, 2.24) is 5.32 Å². The fraction of sp³-hybridized carbons (Fsp3) is 0.375. The normalized spacial score (nSPS) is 11.8. The van der Waals surface area contributed by atoms with Crippen LogP contribution in [-0.2, 0) is 14.3 Å². The highest BCUT2D eigenvalue weighted by molar-refractivity contribution is 5.90. The van der Waals surface area contributed by atoms with E-state index in [4.69, 9.17) is 14.2 Å². The van der Waals surface area contributed by atoms with Gasteiger partial charge in [-0.25, -0.2) is 4.79 Å². The number of amides is 1. The van der Waals surface area contributed by atoms with Crippen molar-refractivity contribution in [2.75, 3.05) is 20.8 Å². The summed E-state index contributed by atoms with van der Waals surface area (Å²) in [6.07, 6.45) is 1.95. The van der Waals surface area contributed by atoms with Crippen LogP contribution in [0.3, 0.4) is 0 Å². The van der Waals surface area contributed by atoms with Crippen LogP contribution in [0.15, 0.2) is 24.3 Å². The van der Waals surface area contributed by atoms with E-state index in [2.05, 4.69) is 5.32 Å². The Kier molecular flexibility index (Phi) is 6.95. The van der Waals surface area contributed by atoms with Crippen molar-refractivity contribution in [3.8, 4) is 11.5 Å². The molecule has 6 heteroatoms. The van der Waals surface area contributed by atoms with E-state index in [1.807, 2.05) is 0 Å². The zero-order chi connectivity index (χ0) is 16.5. The molecule has 1 rings (SSSR count). The lowest BCUT2D eigenvalue weighted by molar-refractivity contribution is -0.150. The van der Waals surface area contributed by atoms with Crippen molar-refractivity contribution < 1.29 is 23.8 Å². The van der Waals surface area contributed by atoms with E-state index in [9.17, 15) is 9.59 Å². The molecule has 0 aliphatic heterocycles. The number of nitrogens with one attached hydrogen (secondary N) is 1. The standard InChI is InChI=1S/C16H21NO5/c1-5-17-16(19)11(2)22-15(18)9-6-12-10-13(20-3)7-8-14(12)21-4/h6-11H,5H2,1-4H3,(H,17,19)/b9-6+/t11-/m1/s1. The first-order valence-corrected chi connectivity index (χ1v) is 6.90. The summed E-state index contributed by atoms with van der Waals surface area (Å²) >= 11 is 0. The maximum absolute atomic E-state index is 11.7. The van der Waals surface area contributed by atoms with Crippen LogP contribution in [-0.4, -0.2) is 38.7 Å². The van der Waals surface area contributed by atoms with Crippen LogP contribution in [0.1, 0.15) is 19.4 Å². The minimum atomic E-state index is -0.843. The molecule has 0 unspecified atom stereocenters. The van der Waals surface area contributed by atoms with E-state index < -0.39 is 12.1 Å². The summed E-state index contributed by atoms with van der Waals surface area (Å²) in [5.74, 6) is 0.304. The number of esters is 1. The fourth-order valence-corrected chi connectivity index (χ4v) is 1.71. The summed E-state index contributed by atoms with van der Waals surface area (Å²) in [6, 6.07) is 5.22. The lowest BCUT2D eigenvalue weighted by atomic mass is 10.1. The Balaban J connectivity index is 2.75. The lowest BCUT2D eigenvalue weighted by Gasteiger charge is -2.11. The Hall–Kier alpha value is -2.50. The number of hydrogen-bond donors (Lipinski definition) is 1. The van der Waals surface area contributed by atoms with E-state index in [-0.39, 0.29) is 5.91 Å². The number of likely N-dealkylation sites (N-methyl/N-ethyl adjacent to an activating group) is 1. The average molecular weight is 307 g/mol. The molecule has 1 aromatic rings. The van der Waals surface area contributed by atoms with Crippen molar-refractivity contribution >= 4 is 18.0 Å². The number of carbonyl (C=O) groups excluding carboxylic acids is 2. The molecule has 0 bridgehead atoms. The molecule has 0 aliphatic rings. The van der Waals surface area contributed by atoms with E-state index in [0.29, 0.717) is 23.6 Å². The van der Waals surface area contributed by atoms with Gasteiger partial charge in [0.05, 0.1) is 14.2 Å². The molecule has 0 spiro atoms. The molecule has 0 aromatic heterocycles. The highest BCUT2D eigenvalue weighted by Crippen LogP contribution is 2.25. The molecule has 1 atom stereocenters. The summed E-state index contributed by atoms with van der Waals surface area (Å²) in [5, 5.41) is 2.58. The van der Waals surface area contributed by atoms with E-state index in [1.165, 1.54) is 20.1 Å². The third kappa shape index (κ3) is 5.12. The lowest BCUT2D eigenvalue weighted by Crippen LogP contribution is -2.35. The fourth-order valence-electron chi connectivity index (χ4n) is 1.71. The van der Waals surface area contributed by atoms with Gasteiger partial charge in [-0.05, 0) is 38.1 Å². The van der Waals surface area contributed by atoms with Gasteiger partial charge >= 0.3 is 5.97 Å². The van der Waals surface area contributed by atoms with Gasteiger partial charge in [-0.1, -0.05) is 0 Å². The molecule has 1 N–H and O–H groups in total. The zero-order valence-electron chi connectivity index (χ0n) is 13.2. The van der Waals surface area contributed by atoms with Crippen LogP contribution in [0.4, 0.5) is 0 Å². The van der Waals surface area contributed by atoms with Crippen molar-refractivity contribution in [2.45, 2.75) is 20.0 Å². The van der Waals surface area contributed by atoms with Gasteiger partial charge in [-0.15, -0.1) is 0 Å². The maximum atomic E-state index is 11.7. The third-order valence-corrected chi connectivity index (χ3v) is 2.85. The predicted molar refractivity (Wildman–Crippen MR) is 82.8 cm³/mol. The topological polar surface area (TPSA) is 73.9 Å². The summed E-state index contributed by atoms with van der Waals surface area (Å²) in [6.45, 7) is 3.79. The number of methoxy groups -OCH3 is 2. The summed E-state index contributed by atoms with van der Waals surface area (Å²) in [7, 11) is 3.09. The molecule has 1 aromatic carbocycles. The minimum Gasteiger partial charge on any atom is -0.497 e. The van der Waals surface area contributed by atoms with Gasteiger partial charge in [-0.2, -0.15) is 0 Å². The highest BCUT2D eigenvalue weighted by Gasteiger charge is 2.15. The second-order valence-electron chi connectivity index (χ2n) is 4.41. The molecule has 0 aliphatic carbocycles. The molecule has 120 valence electrons. The van der Waals surface area contributed by atoms with Gasteiger partial charge in [-0.3, -0.25) is 4.79 Å². The molecule has 0 fully saturated rings. The molecule has 0 radical (unpaired) electrons. The summed E-state index contributed by atoms with van der Waals surface area (Å²) < 4.78 is 15.3. The first-order valence-electron chi connectivity index (χ1n) is 6.90. The maximum Gasteiger partial charge on any atom is 0.331 e. The average Bonchev–Trinajstić information content (AvgIpc) is 2.52. The van der Waals surface area contributed by atoms with E-state index >= 15 is 0 Å². The molecule has 1 amide bonds. The first-order chi connectivity index (χ1) is 10.5. The van der Waals surface area contributed by atoms with Crippen molar-refractivity contribution in [2.24, 2.45) is 0 Å². The summed E-state index contributed by atoms with van der Waals surface area (Å²) in [4.78, 5) is 23.2. The number of rotatable bonds is 7. The largest absolute Gasteiger partial charge is 0.497 e. The monoisotopic (exact) mass is 307 g/mol. The van der Waals surface area contributed by atoms with Crippen molar-refractivity contribution in [1.29, 1.82) is 0 Å². The number of carbonyl (C=O) groups is 2. The van der Waals surface area contributed by atoms with Gasteiger partial charge in [0.1, 0.15) is 11.5 Å². The molecule has 0 heterocycles. The Morgan fingerprint density at radius 3 is 2.59 bits per heavy atom. The van der Waals surface area contributed by atoms with Crippen molar-refractivity contribution in [3.63, 3.8) is 0 Å².